The number of carbonyl (C=O) groups is 1. The summed E-state index contributed by atoms with van der Waals surface area (Å²) in [6, 6.07) is 9.27. The highest BCUT2D eigenvalue weighted by Crippen LogP contribution is 2.40. The Hall–Kier alpha value is -3.35. The summed E-state index contributed by atoms with van der Waals surface area (Å²) < 4.78 is 18.7. The van der Waals surface area contributed by atoms with Crippen LogP contribution in [0.5, 0.6) is 5.75 Å². The lowest BCUT2D eigenvalue weighted by Crippen LogP contribution is -2.39. The lowest BCUT2D eigenvalue weighted by Gasteiger charge is -2.36. The minimum atomic E-state index is -0.405. The summed E-state index contributed by atoms with van der Waals surface area (Å²) in [5, 5.41) is 3.03. The summed E-state index contributed by atoms with van der Waals surface area (Å²) in [5.74, 6) is 0.289. The standard InChI is InChI=1S/C23H23FN4O2/c1-23(2)11-19(27-21(29)14-30-17-5-3-4-16(24)10-17)18-13-26-22(28-20(18)12-23)15-6-8-25-9-7-15/h3-10,13,19H,11-12,14H2,1-2H3,(H,27,29). The van der Waals surface area contributed by atoms with Crippen molar-refractivity contribution in [3.8, 4) is 17.1 Å². The highest BCUT2D eigenvalue weighted by Gasteiger charge is 2.34. The highest BCUT2D eigenvalue weighted by molar-refractivity contribution is 5.78. The number of nitrogens with one attached hydrogen (secondary N) is 1. The number of hydrogen-bond donors (Lipinski definition) is 1. The van der Waals surface area contributed by atoms with Crippen LogP contribution >= 0.6 is 0 Å². The fraction of sp³-hybridized carbons (Fsp3) is 0.304. The van der Waals surface area contributed by atoms with Gasteiger partial charge in [0.25, 0.3) is 5.91 Å². The van der Waals surface area contributed by atoms with E-state index in [2.05, 4.69) is 29.1 Å². The molecule has 2 aromatic heterocycles. The fourth-order valence-electron chi connectivity index (χ4n) is 3.76. The maximum atomic E-state index is 13.3. The van der Waals surface area contributed by atoms with Crippen LogP contribution < -0.4 is 10.1 Å². The topological polar surface area (TPSA) is 77.0 Å². The van der Waals surface area contributed by atoms with Crippen molar-refractivity contribution < 1.29 is 13.9 Å². The van der Waals surface area contributed by atoms with E-state index < -0.39 is 5.82 Å². The number of fused-ring (bicyclic) bond motifs is 1. The van der Waals surface area contributed by atoms with Gasteiger partial charge in [-0.2, -0.15) is 0 Å². The lowest BCUT2D eigenvalue weighted by molar-refractivity contribution is -0.124. The van der Waals surface area contributed by atoms with Crippen LogP contribution in [0, 0.1) is 11.2 Å². The van der Waals surface area contributed by atoms with Crippen LogP contribution in [0.15, 0.2) is 55.0 Å². The molecule has 0 radical (unpaired) electrons. The zero-order chi connectivity index (χ0) is 21.1. The molecule has 1 aliphatic rings. The first-order chi connectivity index (χ1) is 14.4. The van der Waals surface area contributed by atoms with Crippen molar-refractivity contribution >= 4 is 5.91 Å². The van der Waals surface area contributed by atoms with Crippen LogP contribution in [0.3, 0.4) is 0 Å². The third-order valence-corrected chi connectivity index (χ3v) is 5.12. The average Bonchev–Trinajstić information content (AvgIpc) is 2.72. The van der Waals surface area contributed by atoms with Gasteiger partial charge in [0.1, 0.15) is 11.6 Å². The van der Waals surface area contributed by atoms with Gasteiger partial charge in [0.05, 0.1) is 11.7 Å². The fourth-order valence-corrected chi connectivity index (χ4v) is 3.76. The first-order valence-corrected chi connectivity index (χ1v) is 9.84. The molecule has 0 spiro atoms. The molecule has 7 heteroatoms. The SMILES string of the molecule is CC1(C)Cc2nc(-c3ccncc3)ncc2C(NC(=O)COc2cccc(F)c2)C1. The van der Waals surface area contributed by atoms with Crippen molar-refractivity contribution in [1.82, 2.24) is 20.3 Å². The number of aromatic nitrogens is 3. The minimum Gasteiger partial charge on any atom is -0.484 e. The van der Waals surface area contributed by atoms with Crippen LogP contribution in [-0.2, 0) is 11.2 Å². The molecule has 0 aliphatic heterocycles. The summed E-state index contributed by atoms with van der Waals surface area (Å²) in [6.07, 6.45) is 6.79. The summed E-state index contributed by atoms with van der Waals surface area (Å²) in [5.41, 5.74) is 2.73. The Morgan fingerprint density at radius 3 is 2.83 bits per heavy atom. The van der Waals surface area contributed by atoms with Crippen molar-refractivity contribution in [3.63, 3.8) is 0 Å². The van der Waals surface area contributed by atoms with Crippen molar-refractivity contribution in [2.24, 2.45) is 5.41 Å². The first kappa shape index (κ1) is 19.9. The summed E-state index contributed by atoms with van der Waals surface area (Å²) in [7, 11) is 0. The molecule has 4 rings (SSSR count). The zero-order valence-corrected chi connectivity index (χ0v) is 16.9. The molecular weight excluding hydrogens is 383 g/mol. The first-order valence-electron chi connectivity index (χ1n) is 9.84. The molecule has 2 heterocycles. The second kappa shape index (κ2) is 8.18. The molecule has 0 saturated heterocycles. The Morgan fingerprint density at radius 2 is 2.07 bits per heavy atom. The second-order valence-corrected chi connectivity index (χ2v) is 8.24. The number of ether oxygens (including phenoxy) is 1. The number of benzene rings is 1. The minimum absolute atomic E-state index is 0.0295. The summed E-state index contributed by atoms with van der Waals surface area (Å²) in [4.78, 5) is 25.8. The van der Waals surface area contributed by atoms with Gasteiger partial charge in [-0.25, -0.2) is 14.4 Å². The lowest BCUT2D eigenvalue weighted by atomic mass is 9.74. The average molecular weight is 406 g/mol. The third kappa shape index (κ3) is 4.62. The van der Waals surface area contributed by atoms with Crippen molar-refractivity contribution in [2.75, 3.05) is 6.61 Å². The zero-order valence-electron chi connectivity index (χ0n) is 16.9. The predicted octanol–water partition coefficient (Wildman–Crippen LogP) is 3.89. The van der Waals surface area contributed by atoms with Crippen LogP contribution in [0.2, 0.25) is 0 Å². The second-order valence-electron chi connectivity index (χ2n) is 8.24. The largest absolute Gasteiger partial charge is 0.484 e. The van der Waals surface area contributed by atoms with Gasteiger partial charge in [0.2, 0.25) is 0 Å². The molecular formula is C23H23FN4O2. The van der Waals surface area contributed by atoms with Crippen molar-refractivity contribution in [1.29, 1.82) is 0 Å². The Morgan fingerprint density at radius 1 is 1.27 bits per heavy atom. The van der Waals surface area contributed by atoms with Gasteiger partial charge in [0, 0.05) is 35.8 Å². The van der Waals surface area contributed by atoms with E-state index in [9.17, 15) is 9.18 Å². The molecule has 154 valence electrons. The van der Waals surface area contributed by atoms with Crippen LogP contribution in [0.25, 0.3) is 11.4 Å². The van der Waals surface area contributed by atoms with Crippen molar-refractivity contribution in [3.05, 3.63) is 72.1 Å². The number of carbonyl (C=O) groups excluding carboxylic acids is 1. The van der Waals surface area contributed by atoms with Gasteiger partial charge >= 0.3 is 0 Å². The maximum absolute atomic E-state index is 13.3. The van der Waals surface area contributed by atoms with Gasteiger partial charge in [-0.05, 0) is 42.5 Å². The quantitative estimate of drug-likeness (QED) is 0.696. The predicted molar refractivity (Wildman–Crippen MR) is 110 cm³/mol. The van der Waals surface area contributed by atoms with Crippen LogP contribution in [0.4, 0.5) is 4.39 Å². The summed E-state index contributed by atoms with van der Waals surface area (Å²) >= 11 is 0. The maximum Gasteiger partial charge on any atom is 0.258 e. The molecule has 1 aromatic carbocycles. The Balaban J connectivity index is 1.50. The highest BCUT2D eigenvalue weighted by atomic mass is 19.1. The Kier molecular flexibility index (Phi) is 5.44. The van der Waals surface area contributed by atoms with Crippen molar-refractivity contribution in [2.45, 2.75) is 32.7 Å². The number of hydrogen-bond acceptors (Lipinski definition) is 5. The molecule has 0 saturated carbocycles. The third-order valence-electron chi connectivity index (χ3n) is 5.12. The monoisotopic (exact) mass is 406 g/mol. The number of halogens is 1. The Bertz CT molecular complexity index is 1060. The van der Waals surface area contributed by atoms with E-state index in [4.69, 9.17) is 9.72 Å². The van der Waals surface area contributed by atoms with E-state index in [0.717, 1.165) is 29.7 Å². The molecule has 1 N–H and O–H groups in total. The number of amides is 1. The van der Waals surface area contributed by atoms with E-state index in [1.807, 2.05) is 12.1 Å². The Labute approximate surface area is 174 Å². The molecule has 3 aromatic rings. The van der Waals surface area contributed by atoms with Gasteiger partial charge in [-0.1, -0.05) is 19.9 Å². The summed E-state index contributed by atoms with van der Waals surface area (Å²) in [6.45, 7) is 4.13. The molecule has 6 nitrogen and oxygen atoms in total. The number of nitrogens with zero attached hydrogens (tertiary/aromatic N) is 3. The molecule has 1 unspecified atom stereocenters. The van der Waals surface area contributed by atoms with E-state index in [1.54, 1.807) is 30.7 Å². The van der Waals surface area contributed by atoms with Gasteiger partial charge < -0.3 is 10.1 Å². The van der Waals surface area contributed by atoms with Crippen LogP contribution in [-0.4, -0.2) is 27.5 Å². The molecule has 0 bridgehead atoms. The smallest absolute Gasteiger partial charge is 0.258 e. The van der Waals surface area contributed by atoms with Gasteiger partial charge in [-0.15, -0.1) is 0 Å². The van der Waals surface area contributed by atoms with Gasteiger partial charge in [0.15, 0.2) is 12.4 Å². The molecule has 0 fully saturated rings. The molecule has 30 heavy (non-hydrogen) atoms. The number of pyridine rings is 1. The van der Waals surface area contributed by atoms with E-state index >= 15 is 0 Å². The van der Waals surface area contributed by atoms with E-state index in [-0.39, 0.29) is 24.0 Å². The molecule has 1 amide bonds. The van der Waals surface area contributed by atoms with E-state index in [0.29, 0.717) is 11.6 Å². The molecule has 1 aliphatic carbocycles. The normalized spacial score (nSPS) is 17.1. The van der Waals surface area contributed by atoms with E-state index in [1.165, 1.54) is 12.1 Å². The molecule has 1 atom stereocenters. The van der Waals surface area contributed by atoms with Gasteiger partial charge in [-0.3, -0.25) is 9.78 Å². The number of rotatable bonds is 5. The van der Waals surface area contributed by atoms with Crippen LogP contribution in [0.1, 0.15) is 37.6 Å².